The summed E-state index contributed by atoms with van der Waals surface area (Å²) in [6.07, 6.45) is 6.61. The van der Waals surface area contributed by atoms with Gasteiger partial charge in [-0.25, -0.2) is 9.67 Å². The molecule has 1 aromatic carbocycles. The lowest BCUT2D eigenvalue weighted by atomic mass is 10.0. The minimum absolute atomic E-state index is 0.00858. The van der Waals surface area contributed by atoms with Gasteiger partial charge in [0.2, 0.25) is 5.91 Å². The van der Waals surface area contributed by atoms with Crippen LogP contribution >= 0.6 is 0 Å². The van der Waals surface area contributed by atoms with Crippen molar-refractivity contribution < 1.29 is 4.79 Å². The summed E-state index contributed by atoms with van der Waals surface area (Å²) in [6.45, 7) is 4.56. The van der Waals surface area contributed by atoms with Crippen LogP contribution in [0.3, 0.4) is 0 Å². The lowest BCUT2D eigenvalue weighted by Gasteiger charge is -2.36. The molecule has 0 bridgehead atoms. The van der Waals surface area contributed by atoms with Crippen molar-refractivity contribution in [1.82, 2.24) is 25.0 Å². The van der Waals surface area contributed by atoms with Crippen LogP contribution in [0.15, 0.2) is 43.0 Å². The van der Waals surface area contributed by atoms with E-state index >= 15 is 0 Å². The molecule has 1 fully saturated rings. The summed E-state index contributed by atoms with van der Waals surface area (Å²) in [6, 6.07) is 10.6. The van der Waals surface area contributed by atoms with Gasteiger partial charge in [-0.3, -0.25) is 9.69 Å². The maximum absolute atomic E-state index is 12.3. The molecule has 1 amide bonds. The highest BCUT2D eigenvalue weighted by molar-refractivity contribution is 5.79. The molecule has 24 heavy (non-hydrogen) atoms. The highest BCUT2D eigenvalue weighted by Gasteiger charge is 2.24. The van der Waals surface area contributed by atoms with Gasteiger partial charge in [-0.05, 0) is 31.9 Å². The van der Waals surface area contributed by atoms with Gasteiger partial charge in [0.1, 0.15) is 18.7 Å². The molecule has 6 heteroatoms. The Morgan fingerprint density at radius 3 is 2.92 bits per heavy atom. The zero-order valence-corrected chi connectivity index (χ0v) is 14.1. The molecule has 0 spiro atoms. The average Bonchev–Trinajstić information content (AvgIpc) is 3.15. The summed E-state index contributed by atoms with van der Waals surface area (Å²) in [4.78, 5) is 18.7. The molecule has 3 rings (SSSR count). The number of nitrogens with one attached hydrogen (secondary N) is 1. The molecule has 128 valence electrons. The number of benzene rings is 1. The molecule has 2 heterocycles. The van der Waals surface area contributed by atoms with E-state index in [1.807, 2.05) is 13.0 Å². The van der Waals surface area contributed by atoms with Crippen LogP contribution < -0.4 is 5.32 Å². The van der Waals surface area contributed by atoms with E-state index in [1.165, 1.54) is 24.7 Å². The SMILES string of the molecule is C[C@H](C(=O)NC[C@@H]1CCCCN1Cc1ccccc1)n1cncn1. The number of carbonyl (C=O) groups excluding carboxylic acids is 1. The third-order valence-electron chi connectivity index (χ3n) is 4.70. The highest BCUT2D eigenvalue weighted by atomic mass is 16.2. The van der Waals surface area contributed by atoms with Gasteiger partial charge in [0, 0.05) is 19.1 Å². The molecule has 1 aliphatic rings. The molecule has 0 aliphatic carbocycles. The molecule has 1 aromatic heterocycles. The summed E-state index contributed by atoms with van der Waals surface area (Å²) < 4.78 is 1.58. The predicted molar refractivity (Wildman–Crippen MR) is 92.2 cm³/mol. The fraction of sp³-hybridized carbons (Fsp3) is 0.500. The minimum atomic E-state index is -0.335. The summed E-state index contributed by atoms with van der Waals surface area (Å²) in [5.41, 5.74) is 1.33. The number of nitrogens with zero attached hydrogens (tertiary/aromatic N) is 4. The van der Waals surface area contributed by atoms with Crippen molar-refractivity contribution >= 4 is 5.91 Å². The van der Waals surface area contributed by atoms with Crippen molar-refractivity contribution in [3.63, 3.8) is 0 Å². The van der Waals surface area contributed by atoms with Crippen molar-refractivity contribution in [3.8, 4) is 0 Å². The maximum Gasteiger partial charge on any atom is 0.244 e. The number of carbonyl (C=O) groups is 1. The molecule has 6 nitrogen and oxygen atoms in total. The van der Waals surface area contributed by atoms with Gasteiger partial charge in [-0.1, -0.05) is 36.8 Å². The average molecular weight is 327 g/mol. The maximum atomic E-state index is 12.3. The third-order valence-corrected chi connectivity index (χ3v) is 4.70. The van der Waals surface area contributed by atoms with Crippen LogP contribution in [0.1, 0.15) is 37.8 Å². The third kappa shape index (κ3) is 4.20. The van der Waals surface area contributed by atoms with E-state index < -0.39 is 0 Å². The Morgan fingerprint density at radius 1 is 1.33 bits per heavy atom. The summed E-state index contributed by atoms with van der Waals surface area (Å²) in [7, 11) is 0. The number of hydrogen-bond donors (Lipinski definition) is 1. The van der Waals surface area contributed by atoms with Crippen LogP contribution in [0.25, 0.3) is 0 Å². The largest absolute Gasteiger partial charge is 0.353 e. The molecule has 0 radical (unpaired) electrons. The smallest absolute Gasteiger partial charge is 0.244 e. The number of aromatic nitrogens is 3. The molecular weight excluding hydrogens is 302 g/mol. The summed E-state index contributed by atoms with van der Waals surface area (Å²) >= 11 is 0. The lowest BCUT2D eigenvalue weighted by molar-refractivity contribution is -0.124. The Labute approximate surface area is 142 Å². The number of likely N-dealkylation sites (tertiary alicyclic amines) is 1. The quantitative estimate of drug-likeness (QED) is 0.881. The Kier molecular flexibility index (Phi) is 5.59. The fourth-order valence-electron chi connectivity index (χ4n) is 3.22. The van der Waals surface area contributed by atoms with Gasteiger partial charge < -0.3 is 5.32 Å². The predicted octanol–water partition coefficient (Wildman–Crippen LogP) is 2.01. The summed E-state index contributed by atoms with van der Waals surface area (Å²) in [5.74, 6) is -0.00858. The molecule has 1 N–H and O–H groups in total. The fourth-order valence-corrected chi connectivity index (χ4v) is 3.22. The minimum Gasteiger partial charge on any atom is -0.353 e. The van der Waals surface area contributed by atoms with Gasteiger partial charge in [-0.15, -0.1) is 0 Å². The van der Waals surface area contributed by atoms with Gasteiger partial charge in [-0.2, -0.15) is 5.10 Å². The van der Waals surface area contributed by atoms with Crippen LogP contribution in [0, 0.1) is 0 Å². The van der Waals surface area contributed by atoms with Gasteiger partial charge >= 0.3 is 0 Å². The van der Waals surface area contributed by atoms with Gasteiger partial charge in [0.15, 0.2) is 0 Å². The first-order valence-electron chi connectivity index (χ1n) is 8.64. The van der Waals surface area contributed by atoms with Crippen LogP contribution in [0.5, 0.6) is 0 Å². The van der Waals surface area contributed by atoms with Crippen molar-refractivity contribution in [2.24, 2.45) is 0 Å². The Hall–Kier alpha value is -2.21. The van der Waals surface area contributed by atoms with E-state index in [4.69, 9.17) is 0 Å². The Morgan fingerprint density at radius 2 is 2.17 bits per heavy atom. The topological polar surface area (TPSA) is 63.1 Å². The van der Waals surface area contributed by atoms with E-state index in [0.717, 1.165) is 19.5 Å². The van der Waals surface area contributed by atoms with Crippen LogP contribution in [-0.4, -0.2) is 44.7 Å². The second-order valence-electron chi connectivity index (χ2n) is 6.40. The lowest BCUT2D eigenvalue weighted by Crippen LogP contribution is -2.47. The molecule has 2 aromatic rings. The zero-order chi connectivity index (χ0) is 16.8. The van der Waals surface area contributed by atoms with E-state index in [2.05, 4.69) is 44.6 Å². The molecule has 0 saturated carbocycles. The van der Waals surface area contributed by atoms with E-state index in [-0.39, 0.29) is 11.9 Å². The summed E-state index contributed by atoms with van der Waals surface area (Å²) in [5, 5.41) is 7.12. The standard InChI is InChI=1S/C18H25N5O/c1-15(23-14-19-13-21-23)18(24)20-11-17-9-5-6-10-22(17)12-16-7-3-2-4-8-16/h2-4,7-8,13-15,17H,5-6,9-12H2,1H3,(H,20,24)/t15-,17+/m1/s1. The number of piperidine rings is 1. The second-order valence-corrected chi connectivity index (χ2v) is 6.40. The Bertz CT molecular complexity index is 628. The first kappa shape index (κ1) is 16.6. The molecular formula is C18H25N5O. The van der Waals surface area contributed by atoms with Crippen molar-refractivity contribution in [2.75, 3.05) is 13.1 Å². The van der Waals surface area contributed by atoms with Crippen molar-refractivity contribution in [2.45, 2.75) is 44.8 Å². The van der Waals surface area contributed by atoms with Crippen LogP contribution in [-0.2, 0) is 11.3 Å². The first-order valence-corrected chi connectivity index (χ1v) is 8.64. The molecule has 0 unspecified atom stereocenters. The highest BCUT2D eigenvalue weighted by Crippen LogP contribution is 2.19. The van der Waals surface area contributed by atoms with E-state index in [9.17, 15) is 4.79 Å². The Balaban J connectivity index is 1.55. The zero-order valence-electron chi connectivity index (χ0n) is 14.1. The van der Waals surface area contributed by atoms with Gasteiger partial charge in [0.25, 0.3) is 0 Å². The molecule has 2 atom stereocenters. The number of rotatable bonds is 6. The van der Waals surface area contributed by atoms with Crippen LogP contribution in [0.4, 0.5) is 0 Å². The normalized spacial score (nSPS) is 19.8. The van der Waals surface area contributed by atoms with Gasteiger partial charge in [0.05, 0.1) is 0 Å². The van der Waals surface area contributed by atoms with Crippen molar-refractivity contribution in [1.29, 1.82) is 0 Å². The van der Waals surface area contributed by atoms with E-state index in [1.54, 1.807) is 11.0 Å². The molecule has 1 saturated heterocycles. The van der Waals surface area contributed by atoms with Crippen LogP contribution in [0.2, 0.25) is 0 Å². The van der Waals surface area contributed by atoms with E-state index in [0.29, 0.717) is 12.6 Å². The molecule has 1 aliphatic heterocycles. The monoisotopic (exact) mass is 327 g/mol. The van der Waals surface area contributed by atoms with Crippen molar-refractivity contribution in [3.05, 3.63) is 48.5 Å². The number of hydrogen-bond acceptors (Lipinski definition) is 4. The first-order chi connectivity index (χ1) is 11.7. The second kappa shape index (κ2) is 8.06. The number of amides is 1.